The van der Waals surface area contributed by atoms with E-state index >= 15 is 0 Å². The predicted molar refractivity (Wildman–Crippen MR) is 102 cm³/mol. The predicted octanol–water partition coefficient (Wildman–Crippen LogP) is 3.64. The number of piperidine rings is 1. The fourth-order valence-electron chi connectivity index (χ4n) is 3.02. The lowest BCUT2D eigenvalue weighted by molar-refractivity contribution is 0.188. The lowest BCUT2D eigenvalue weighted by Crippen LogP contribution is -2.43. The molecule has 2 aromatic rings. The van der Waals surface area contributed by atoms with E-state index in [1.165, 1.54) is 24.9 Å². The van der Waals surface area contributed by atoms with Gasteiger partial charge in [0.25, 0.3) is 0 Å². The minimum Gasteiger partial charge on any atom is -0.487 e. The van der Waals surface area contributed by atoms with Crippen LogP contribution >= 0.6 is 23.7 Å². The molecule has 1 aromatic carbocycles. The molecule has 1 aromatic heterocycles. The Balaban J connectivity index is 0.00000208. The van der Waals surface area contributed by atoms with Gasteiger partial charge in [0.1, 0.15) is 12.4 Å². The number of likely N-dealkylation sites (N-methyl/N-ethyl adjacent to an activating group) is 1. The van der Waals surface area contributed by atoms with Gasteiger partial charge in [0.05, 0.1) is 10.7 Å². The Morgan fingerprint density at radius 3 is 2.79 bits per heavy atom. The number of likely N-dealkylation sites (tertiary alicyclic amines) is 1. The first-order chi connectivity index (χ1) is 11.2. The van der Waals surface area contributed by atoms with Gasteiger partial charge in [0.2, 0.25) is 0 Å². The van der Waals surface area contributed by atoms with Gasteiger partial charge in [-0.3, -0.25) is 4.90 Å². The molecule has 24 heavy (non-hydrogen) atoms. The number of ether oxygens (including phenoxy) is 1. The van der Waals surface area contributed by atoms with Crippen LogP contribution in [-0.2, 0) is 13.2 Å². The molecule has 0 amide bonds. The summed E-state index contributed by atoms with van der Waals surface area (Å²) in [5, 5.41) is 6.53. The summed E-state index contributed by atoms with van der Waals surface area (Å²) < 4.78 is 5.81. The van der Waals surface area contributed by atoms with Crippen LogP contribution in [0.15, 0.2) is 29.6 Å². The topological polar surface area (TPSA) is 37.4 Å². The maximum absolute atomic E-state index is 5.81. The zero-order valence-electron chi connectivity index (χ0n) is 14.3. The Hall–Kier alpha value is -1.14. The summed E-state index contributed by atoms with van der Waals surface area (Å²) in [7, 11) is 2.06. The van der Waals surface area contributed by atoms with Crippen LogP contribution in [0.25, 0.3) is 0 Å². The molecular weight excluding hydrogens is 342 g/mol. The third kappa shape index (κ3) is 5.45. The number of hydrogen-bond acceptors (Lipinski definition) is 5. The zero-order chi connectivity index (χ0) is 16.1. The number of halogens is 1. The summed E-state index contributed by atoms with van der Waals surface area (Å²) >= 11 is 1.66. The molecule has 6 heteroatoms. The summed E-state index contributed by atoms with van der Waals surface area (Å²) in [6.07, 6.45) is 2.57. The Kier molecular flexibility index (Phi) is 7.49. The summed E-state index contributed by atoms with van der Waals surface area (Å²) in [6.45, 7) is 5.91. The van der Waals surface area contributed by atoms with E-state index in [4.69, 9.17) is 4.74 Å². The van der Waals surface area contributed by atoms with Gasteiger partial charge < -0.3 is 10.1 Å². The van der Waals surface area contributed by atoms with E-state index in [9.17, 15) is 0 Å². The van der Waals surface area contributed by atoms with Gasteiger partial charge in [0.15, 0.2) is 0 Å². The van der Waals surface area contributed by atoms with Crippen molar-refractivity contribution in [2.45, 2.75) is 39.0 Å². The molecule has 3 rings (SSSR count). The smallest absolute Gasteiger partial charge is 0.131 e. The van der Waals surface area contributed by atoms with Crippen LogP contribution in [0.5, 0.6) is 5.75 Å². The molecule has 0 saturated carbocycles. The summed E-state index contributed by atoms with van der Waals surface area (Å²) in [5.74, 6) is 0.908. The second-order valence-corrected chi connectivity index (χ2v) is 7.22. The molecule has 1 saturated heterocycles. The lowest BCUT2D eigenvalue weighted by atomic mass is 10.1. The average molecular weight is 368 g/mol. The molecule has 0 radical (unpaired) electrons. The monoisotopic (exact) mass is 367 g/mol. The van der Waals surface area contributed by atoms with Gasteiger partial charge in [-0.15, -0.1) is 23.7 Å². The Labute approximate surface area is 154 Å². The number of aryl methyl sites for hydroxylation is 1. The lowest BCUT2D eigenvalue weighted by Gasteiger charge is -2.32. The average Bonchev–Trinajstić information content (AvgIpc) is 3.00. The molecular formula is C18H26ClN3OS. The Morgan fingerprint density at radius 2 is 2.12 bits per heavy atom. The van der Waals surface area contributed by atoms with Crippen molar-refractivity contribution < 1.29 is 4.74 Å². The van der Waals surface area contributed by atoms with Gasteiger partial charge in [-0.25, -0.2) is 4.98 Å². The molecule has 1 atom stereocenters. The fraction of sp³-hybridized carbons (Fsp3) is 0.500. The highest BCUT2D eigenvalue weighted by molar-refractivity contribution is 7.09. The molecule has 1 N–H and O–H groups in total. The van der Waals surface area contributed by atoms with Crippen molar-refractivity contribution in [3.8, 4) is 5.75 Å². The van der Waals surface area contributed by atoms with E-state index in [1.54, 1.807) is 11.3 Å². The third-order valence-electron chi connectivity index (χ3n) is 4.30. The van der Waals surface area contributed by atoms with Crippen molar-refractivity contribution in [3.63, 3.8) is 0 Å². The van der Waals surface area contributed by atoms with Crippen LogP contribution in [0.1, 0.15) is 29.1 Å². The van der Waals surface area contributed by atoms with Gasteiger partial charge in [0, 0.05) is 24.5 Å². The molecule has 1 aliphatic rings. The van der Waals surface area contributed by atoms with Crippen molar-refractivity contribution in [3.05, 3.63) is 45.9 Å². The van der Waals surface area contributed by atoms with Crippen LogP contribution in [0, 0.1) is 6.92 Å². The van der Waals surface area contributed by atoms with Crippen LogP contribution < -0.4 is 10.1 Å². The van der Waals surface area contributed by atoms with Crippen molar-refractivity contribution in [1.82, 2.24) is 15.2 Å². The van der Waals surface area contributed by atoms with E-state index in [0.29, 0.717) is 12.6 Å². The number of nitrogens with zero attached hydrogens (tertiary/aromatic N) is 2. The summed E-state index contributed by atoms with van der Waals surface area (Å²) in [4.78, 5) is 6.94. The zero-order valence-corrected chi connectivity index (χ0v) is 16.0. The number of hydrogen-bond donors (Lipinski definition) is 1. The van der Waals surface area contributed by atoms with Crippen molar-refractivity contribution in [1.29, 1.82) is 0 Å². The van der Waals surface area contributed by atoms with Gasteiger partial charge in [-0.2, -0.15) is 0 Å². The molecule has 1 fully saturated rings. The van der Waals surface area contributed by atoms with E-state index in [2.05, 4.69) is 51.9 Å². The number of nitrogens with one attached hydrogen (secondary N) is 1. The van der Waals surface area contributed by atoms with Gasteiger partial charge >= 0.3 is 0 Å². The standard InChI is InChI=1S/C18H25N3OS.ClH/c1-14-20-17(13-23-14)12-22-18-7-5-15(6-8-18)10-21-9-3-4-16(11-21)19-2;/h5-8,13,16,19H,3-4,9-12H2,1-2H3;1H. The highest BCUT2D eigenvalue weighted by Crippen LogP contribution is 2.18. The van der Waals surface area contributed by atoms with E-state index < -0.39 is 0 Å². The molecule has 1 unspecified atom stereocenters. The second-order valence-electron chi connectivity index (χ2n) is 6.15. The number of rotatable bonds is 6. The van der Waals surface area contributed by atoms with Crippen molar-refractivity contribution in [2.24, 2.45) is 0 Å². The molecule has 4 nitrogen and oxygen atoms in total. The maximum atomic E-state index is 5.81. The molecule has 132 valence electrons. The third-order valence-corrected chi connectivity index (χ3v) is 5.12. The summed E-state index contributed by atoms with van der Waals surface area (Å²) in [5.41, 5.74) is 2.35. The minimum absolute atomic E-state index is 0. The quantitative estimate of drug-likeness (QED) is 0.845. The number of benzene rings is 1. The summed E-state index contributed by atoms with van der Waals surface area (Å²) in [6, 6.07) is 9.10. The molecule has 2 heterocycles. The SMILES string of the molecule is CNC1CCCN(Cc2ccc(OCc3csc(C)n3)cc2)C1.Cl. The fourth-order valence-corrected chi connectivity index (χ4v) is 3.61. The van der Waals surface area contributed by atoms with Crippen LogP contribution in [0.4, 0.5) is 0 Å². The van der Waals surface area contributed by atoms with E-state index in [-0.39, 0.29) is 12.4 Å². The first-order valence-corrected chi connectivity index (χ1v) is 9.13. The van der Waals surface area contributed by atoms with Crippen LogP contribution in [0.3, 0.4) is 0 Å². The second kappa shape index (κ2) is 9.37. The Morgan fingerprint density at radius 1 is 1.33 bits per heavy atom. The molecule has 1 aliphatic heterocycles. The normalized spacial score (nSPS) is 18.2. The number of thiazole rings is 1. The van der Waals surface area contributed by atoms with E-state index in [0.717, 1.165) is 29.5 Å². The molecule has 0 spiro atoms. The van der Waals surface area contributed by atoms with Crippen molar-refractivity contribution >= 4 is 23.7 Å². The minimum atomic E-state index is 0. The first-order valence-electron chi connectivity index (χ1n) is 8.25. The molecule has 0 bridgehead atoms. The largest absolute Gasteiger partial charge is 0.487 e. The Bertz CT molecular complexity index is 617. The van der Waals surface area contributed by atoms with Gasteiger partial charge in [-0.1, -0.05) is 12.1 Å². The van der Waals surface area contributed by atoms with Crippen molar-refractivity contribution in [2.75, 3.05) is 20.1 Å². The van der Waals surface area contributed by atoms with E-state index in [1.807, 2.05) is 6.92 Å². The highest BCUT2D eigenvalue weighted by Gasteiger charge is 2.18. The highest BCUT2D eigenvalue weighted by atomic mass is 35.5. The first kappa shape index (κ1) is 19.2. The molecule has 0 aliphatic carbocycles. The van der Waals surface area contributed by atoms with Gasteiger partial charge in [-0.05, 0) is 51.1 Å². The van der Waals surface area contributed by atoms with Crippen LogP contribution in [-0.4, -0.2) is 36.1 Å². The maximum Gasteiger partial charge on any atom is 0.131 e. The number of aromatic nitrogens is 1. The van der Waals surface area contributed by atoms with Crippen LogP contribution in [0.2, 0.25) is 0 Å².